The monoisotopic (exact) mass is 657 g/mol. The average Bonchev–Trinajstić information content (AvgIpc) is 3.26. The number of carboxylic acid groups (broad SMARTS) is 2. The maximum absolute atomic E-state index is 13.5. The van der Waals surface area contributed by atoms with Crippen LogP contribution in [0.25, 0.3) is 0 Å². The van der Waals surface area contributed by atoms with Gasteiger partial charge in [-0.3, -0.25) is 4.79 Å². The Kier molecular flexibility index (Phi) is 12.4. The lowest BCUT2D eigenvalue weighted by Crippen LogP contribution is -2.51. The number of nitrogens with two attached hydrogens (primary N) is 1. The first-order valence-corrected chi connectivity index (χ1v) is 13.0. The van der Waals surface area contributed by atoms with Crippen molar-refractivity contribution in [2.45, 2.75) is 50.2 Å². The van der Waals surface area contributed by atoms with E-state index >= 15 is 0 Å². The Morgan fingerprint density at radius 3 is 2.09 bits per heavy atom. The number of ether oxygens (including phenoxy) is 2. The van der Waals surface area contributed by atoms with Crippen LogP contribution in [0.1, 0.15) is 25.3 Å². The number of anilines is 1. The molecule has 1 fully saturated rings. The Morgan fingerprint density at radius 2 is 1.58 bits per heavy atom. The van der Waals surface area contributed by atoms with Crippen molar-refractivity contribution >= 4 is 23.5 Å². The molecule has 45 heavy (non-hydrogen) atoms. The third kappa shape index (κ3) is 11.9. The van der Waals surface area contributed by atoms with E-state index in [2.05, 4.69) is 10.2 Å². The zero-order valence-corrected chi connectivity index (χ0v) is 23.5. The van der Waals surface area contributed by atoms with Crippen LogP contribution in [0.4, 0.5) is 36.4 Å². The lowest BCUT2D eigenvalue weighted by molar-refractivity contribution is -0.193. The molecular weight excluding hydrogens is 627 g/mol. The van der Waals surface area contributed by atoms with Crippen molar-refractivity contribution < 1.29 is 69.9 Å². The molecular formula is C27H30F7N3O8. The maximum atomic E-state index is 13.5. The van der Waals surface area contributed by atoms with Crippen LogP contribution in [0.3, 0.4) is 0 Å². The van der Waals surface area contributed by atoms with Crippen molar-refractivity contribution in [1.82, 2.24) is 4.90 Å². The third-order valence-corrected chi connectivity index (χ3v) is 6.34. The van der Waals surface area contributed by atoms with Crippen LogP contribution < -0.4 is 20.5 Å². The van der Waals surface area contributed by atoms with Gasteiger partial charge < -0.3 is 40.7 Å². The van der Waals surface area contributed by atoms with E-state index in [9.17, 15) is 40.6 Å². The number of fused-ring (bicyclic) bond motifs is 1. The third-order valence-electron chi connectivity index (χ3n) is 6.34. The van der Waals surface area contributed by atoms with E-state index in [0.717, 1.165) is 43.7 Å². The smallest absolute Gasteiger partial charge is 0.490 e. The van der Waals surface area contributed by atoms with Gasteiger partial charge in [0.1, 0.15) is 35.3 Å². The Hall–Kier alpha value is -4.32. The molecule has 0 aromatic heterocycles. The summed E-state index contributed by atoms with van der Waals surface area (Å²) in [5.41, 5.74) is 7.47. The highest BCUT2D eigenvalue weighted by molar-refractivity contribution is 5.90. The van der Waals surface area contributed by atoms with Crippen molar-refractivity contribution in [3.63, 3.8) is 0 Å². The second-order valence-electron chi connectivity index (χ2n) is 10.1. The van der Waals surface area contributed by atoms with Gasteiger partial charge in [0.2, 0.25) is 5.91 Å². The number of hydrogen-bond acceptors (Lipinski definition) is 8. The molecule has 2 heterocycles. The number of rotatable bonds is 6. The van der Waals surface area contributed by atoms with Crippen molar-refractivity contribution in [1.29, 1.82) is 0 Å². The van der Waals surface area contributed by atoms with Crippen molar-refractivity contribution in [2.75, 3.05) is 31.6 Å². The molecule has 0 radical (unpaired) electrons. The predicted octanol–water partition coefficient (Wildman–Crippen LogP) is 3.93. The highest BCUT2D eigenvalue weighted by Gasteiger charge is 2.42. The number of carboxylic acids is 2. The first-order valence-electron chi connectivity index (χ1n) is 13.0. The van der Waals surface area contributed by atoms with E-state index in [1.54, 1.807) is 18.2 Å². The second-order valence-corrected chi connectivity index (χ2v) is 10.1. The molecule has 1 saturated heterocycles. The summed E-state index contributed by atoms with van der Waals surface area (Å²) in [6.45, 7) is 4.00. The molecule has 250 valence electrons. The lowest BCUT2D eigenvalue weighted by Gasteiger charge is -2.39. The highest BCUT2D eigenvalue weighted by Crippen LogP contribution is 2.41. The molecule has 1 atom stereocenters. The summed E-state index contributed by atoms with van der Waals surface area (Å²) in [5, 5.41) is 26.6. The zero-order chi connectivity index (χ0) is 34.2. The number of phenolic OH excluding ortho intramolecular Hbond substituents is 1. The number of phenols is 1. The molecule has 11 nitrogen and oxygen atoms in total. The minimum absolute atomic E-state index is 0.0523. The molecule has 4 rings (SSSR count). The number of alkyl halides is 6. The molecule has 1 amide bonds. The summed E-state index contributed by atoms with van der Waals surface area (Å²) in [6.07, 6.45) is -7.71. The number of aliphatic carboxylic acids is 2. The fourth-order valence-corrected chi connectivity index (χ4v) is 4.33. The number of hydrogen-bond donors (Lipinski definition) is 5. The topological polar surface area (TPSA) is 172 Å². The van der Waals surface area contributed by atoms with E-state index in [4.69, 9.17) is 35.0 Å². The standard InChI is InChI=1S/C23H28FN3O4.2C2HF3O2/c1-15(28)26-20-4-3-19(29)11-22(20)30-14-18(25)13-27-8-6-23(7-9-27)12-16-10-17(24)2-5-21(16)31-23;2*3-2(4,5)1(6)7/h2-5,10-11,18,29H,6-9,12-14,25H2,1H3,(H,26,28);2*(H,6,7)/t18-;;/m0../s1. The molecule has 2 aromatic carbocycles. The van der Waals surface area contributed by atoms with Gasteiger partial charge in [-0.15, -0.1) is 0 Å². The van der Waals surface area contributed by atoms with Crippen LogP contribution >= 0.6 is 0 Å². The predicted molar refractivity (Wildman–Crippen MR) is 142 cm³/mol. The molecule has 1 spiro atoms. The number of halogens is 7. The molecule has 18 heteroatoms. The number of carbonyl (C=O) groups excluding carboxylic acids is 1. The summed E-state index contributed by atoms with van der Waals surface area (Å²) in [6, 6.07) is 9.02. The normalized spacial score (nSPS) is 16.1. The van der Waals surface area contributed by atoms with Crippen molar-refractivity contribution in [3.8, 4) is 17.2 Å². The molecule has 2 aliphatic rings. The maximum Gasteiger partial charge on any atom is 0.490 e. The van der Waals surface area contributed by atoms with Crippen molar-refractivity contribution in [3.05, 3.63) is 47.8 Å². The quantitative estimate of drug-likeness (QED) is 0.227. The SMILES string of the molecule is CC(=O)Nc1ccc(O)cc1OC[C@@H](N)CN1CCC2(CC1)Cc1cc(F)ccc1O2.O=C(O)C(F)(F)F.O=C(O)C(F)(F)F. The van der Waals surface area contributed by atoms with Gasteiger partial charge in [-0.05, 0) is 30.3 Å². The Morgan fingerprint density at radius 1 is 1.02 bits per heavy atom. The summed E-state index contributed by atoms with van der Waals surface area (Å²) >= 11 is 0. The molecule has 0 aliphatic carbocycles. The van der Waals surface area contributed by atoms with Crippen LogP contribution in [0.2, 0.25) is 0 Å². The number of nitrogens with one attached hydrogen (secondary N) is 1. The van der Waals surface area contributed by atoms with Crippen LogP contribution in [0.15, 0.2) is 36.4 Å². The van der Waals surface area contributed by atoms with Crippen LogP contribution in [-0.4, -0.2) is 88.3 Å². The number of benzene rings is 2. The molecule has 0 bridgehead atoms. The zero-order valence-electron chi connectivity index (χ0n) is 23.5. The van der Waals surface area contributed by atoms with E-state index in [1.165, 1.54) is 25.1 Å². The number of aromatic hydroxyl groups is 1. The number of nitrogens with zero attached hydrogens (tertiary/aromatic N) is 1. The van der Waals surface area contributed by atoms with E-state index < -0.39 is 24.3 Å². The first-order chi connectivity index (χ1) is 20.7. The van der Waals surface area contributed by atoms with Crippen LogP contribution in [0.5, 0.6) is 17.2 Å². The molecule has 6 N–H and O–H groups in total. The van der Waals surface area contributed by atoms with E-state index in [1.807, 2.05) is 0 Å². The molecule has 2 aromatic rings. The van der Waals surface area contributed by atoms with E-state index in [0.29, 0.717) is 18.0 Å². The van der Waals surface area contributed by atoms with E-state index in [-0.39, 0.29) is 35.7 Å². The average molecular weight is 658 g/mol. The van der Waals surface area contributed by atoms with Gasteiger partial charge in [-0.2, -0.15) is 26.3 Å². The number of carbonyl (C=O) groups is 3. The molecule has 0 unspecified atom stereocenters. The van der Waals surface area contributed by atoms with Gasteiger partial charge in [-0.25, -0.2) is 14.0 Å². The van der Waals surface area contributed by atoms with Gasteiger partial charge in [0.15, 0.2) is 0 Å². The van der Waals surface area contributed by atoms with Crippen molar-refractivity contribution in [2.24, 2.45) is 5.73 Å². The first kappa shape index (κ1) is 36.9. The largest absolute Gasteiger partial charge is 0.508 e. The van der Waals surface area contributed by atoms with Crippen LogP contribution in [-0.2, 0) is 20.8 Å². The second kappa shape index (κ2) is 15.1. The van der Waals surface area contributed by atoms with Crippen LogP contribution in [0, 0.1) is 5.82 Å². The summed E-state index contributed by atoms with van der Waals surface area (Å²) in [5.74, 6) is -4.73. The highest BCUT2D eigenvalue weighted by atomic mass is 19.4. The fraction of sp³-hybridized carbons (Fsp3) is 0.444. The molecule has 2 aliphatic heterocycles. The summed E-state index contributed by atoms with van der Waals surface area (Å²) in [7, 11) is 0. The number of piperidine rings is 1. The molecule has 0 saturated carbocycles. The number of amides is 1. The van der Waals surface area contributed by atoms with Gasteiger partial charge in [0.05, 0.1) is 11.7 Å². The Bertz CT molecular complexity index is 1320. The fourth-order valence-electron chi connectivity index (χ4n) is 4.33. The van der Waals surface area contributed by atoms with Gasteiger partial charge in [0, 0.05) is 57.5 Å². The van der Waals surface area contributed by atoms with Gasteiger partial charge >= 0.3 is 24.3 Å². The lowest BCUT2D eigenvalue weighted by atomic mass is 9.87. The Labute approximate surface area is 251 Å². The minimum atomic E-state index is -5.08. The number of likely N-dealkylation sites (tertiary alicyclic amines) is 1. The van der Waals surface area contributed by atoms with Gasteiger partial charge in [0.25, 0.3) is 0 Å². The minimum Gasteiger partial charge on any atom is -0.508 e. The summed E-state index contributed by atoms with van der Waals surface area (Å²) in [4.78, 5) is 31.4. The van der Waals surface area contributed by atoms with Gasteiger partial charge in [-0.1, -0.05) is 0 Å². The summed E-state index contributed by atoms with van der Waals surface area (Å²) < 4.78 is 89.0. The Balaban J connectivity index is 0.000000421.